The summed E-state index contributed by atoms with van der Waals surface area (Å²) in [5.41, 5.74) is 5.24. The van der Waals surface area contributed by atoms with E-state index in [0.717, 1.165) is 23.7 Å². The van der Waals surface area contributed by atoms with E-state index in [9.17, 15) is 4.79 Å². The average Bonchev–Trinajstić information content (AvgIpc) is 3.40. The van der Waals surface area contributed by atoms with Gasteiger partial charge in [-0.3, -0.25) is 4.79 Å². The van der Waals surface area contributed by atoms with Crippen molar-refractivity contribution in [2.45, 2.75) is 20.8 Å². The minimum absolute atomic E-state index is 0.0749. The van der Waals surface area contributed by atoms with Crippen molar-refractivity contribution in [1.29, 1.82) is 0 Å². The van der Waals surface area contributed by atoms with Crippen LogP contribution in [0.5, 0.6) is 0 Å². The lowest BCUT2D eigenvalue weighted by Crippen LogP contribution is -2.49. The van der Waals surface area contributed by atoms with Crippen LogP contribution in [0.15, 0.2) is 40.9 Å². The topological polar surface area (TPSA) is 62.5 Å². The molecule has 2 aromatic heterocycles. The minimum Gasteiger partial charge on any atom is -0.360 e. The Bertz CT molecular complexity index is 1320. The number of thiazole rings is 1. The third-order valence-electron chi connectivity index (χ3n) is 6.12. The van der Waals surface area contributed by atoms with Crippen molar-refractivity contribution >= 4 is 44.2 Å². The number of nitrogens with zero attached hydrogens (tertiary/aromatic N) is 4. The molecule has 3 heterocycles. The first-order valence-electron chi connectivity index (χ1n) is 10.6. The molecule has 4 aromatic rings. The zero-order valence-corrected chi connectivity index (χ0v) is 19.8. The molecule has 164 valence electrons. The molecule has 1 aliphatic heterocycles. The van der Waals surface area contributed by atoms with Gasteiger partial charge in [-0.2, -0.15) is 0 Å². The van der Waals surface area contributed by atoms with Gasteiger partial charge in [-0.05, 0) is 44.0 Å². The second-order valence-electron chi connectivity index (χ2n) is 8.07. The van der Waals surface area contributed by atoms with E-state index in [-0.39, 0.29) is 5.91 Å². The van der Waals surface area contributed by atoms with E-state index in [1.54, 1.807) is 24.3 Å². The summed E-state index contributed by atoms with van der Waals surface area (Å²) in [4.78, 5) is 22.4. The molecule has 0 saturated carbocycles. The van der Waals surface area contributed by atoms with Crippen molar-refractivity contribution in [3.63, 3.8) is 0 Å². The number of carbonyl (C=O) groups excluding carboxylic acids is 1. The summed E-state index contributed by atoms with van der Waals surface area (Å²) in [6.07, 6.45) is 0. The molecule has 0 aliphatic carbocycles. The number of anilines is 1. The zero-order valence-electron chi connectivity index (χ0n) is 18.2. The van der Waals surface area contributed by atoms with Crippen molar-refractivity contribution < 1.29 is 9.32 Å². The molecule has 1 amide bonds. The van der Waals surface area contributed by atoms with Crippen molar-refractivity contribution in [3.8, 4) is 11.3 Å². The highest BCUT2D eigenvalue weighted by Gasteiger charge is 2.30. The normalized spacial score (nSPS) is 14.4. The van der Waals surface area contributed by atoms with E-state index in [1.807, 2.05) is 23.1 Å². The van der Waals surface area contributed by atoms with Gasteiger partial charge in [0, 0.05) is 31.7 Å². The molecule has 1 fully saturated rings. The van der Waals surface area contributed by atoms with Crippen LogP contribution >= 0.6 is 22.9 Å². The van der Waals surface area contributed by atoms with Crippen LogP contribution in [0.1, 0.15) is 27.2 Å². The number of hydrogen-bond acceptors (Lipinski definition) is 6. The molecular weight excluding hydrogens is 444 g/mol. The summed E-state index contributed by atoms with van der Waals surface area (Å²) in [7, 11) is 0. The van der Waals surface area contributed by atoms with E-state index in [2.05, 4.69) is 36.0 Å². The van der Waals surface area contributed by atoms with Crippen molar-refractivity contribution in [3.05, 3.63) is 63.9 Å². The van der Waals surface area contributed by atoms with Gasteiger partial charge in [0.2, 0.25) is 0 Å². The molecule has 32 heavy (non-hydrogen) atoms. The van der Waals surface area contributed by atoms with Crippen molar-refractivity contribution in [1.82, 2.24) is 15.0 Å². The van der Waals surface area contributed by atoms with Gasteiger partial charge >= 0.3 is 0 Å². The molecule has 0 radical (unpaired) electrons. The van der Waals surface area contributed by atoms with E-state index in [0.29, 0.717) is 40.7 Å². The fraction of sp³-hybridized carbons (Fsp3) is 0.292. The van der Waals surface area contributed by atoms with E-state index in [1.165, 1.54) is 15.8 Å². The lowest BCUT2D eigenvalue weighted by atomic mass is 10.0. The lowest BCUT2D eigenvalue weighted by Gasteiger charge is -2.34. The third kappa shape index (κ3) is 3.55. The maximum atomic E-state index is 13.4. The van der Waals surface area contributed by atoms with Gasteiger partial charge in [0.25, 0.3) is 5.91 Å². The van der Waals surface area contributed by atoms with Crippen molar-refractivity contribution in [2.75, 3.05) is 31.1 Å². The molecule has 0 spiro atoms. The Hall–Kier alpha value is -2.90. The molecule has 8 heteroatoms. The molecule has 2 aromatic carbocycles. The van der Waals surface area contributed by atoms with Crippen LogP contribution in [0.2, 0.25) is 5.02 Å². The minimum atomic E-state index is -0.0749. The van der Waals surface area contributed by atoms with Crippen LogP contribution in [-0.4, -0.2) is 47.1 Å². The summed E-state index contributed by atoms with van der Waals surface area (Å²) in [5, 5.41) is 5.69. The number of aryl methyl sites for hydroxylation is 3. The highest BCUT2D eigenvalue weighted by molar-refractivity contribution is 7.22. The number of hydrogen-bond donors (Lipinski definition) is 0. The van der Waals surface area contributed by atoms with Crippen LogP contribution in [-0.2, 0) is 0 Å². The fourth-order valence-electron chi connectivity index (χ4n) is 4.07. The zero-order chi connectivity index (χ0) is 22.4. The van der Waals surface area contributed by atoms with Crippen LogP contribution < -0.4 is 4.90 Å². The lowest BCUT2D eigenvalue weighted by molar-refractivity contribution is 0.0745. The quantitative estimate of drug-likeness (QED) is 0.399. The summed E-state index contributed by atoms with van der Waals surface area (Å²) in [6, 6.07) is 11.7. The Balaban J connectivity index is 1.35. The fourth-order valence-corrected chi connectivity index (χ4v) is 5.37. The number of benzene rings is 2. The molecule has 1 aliphatic rings. The first-order valence-corrected chi connectivity index (χ1v) is 11.8. The van der Waals surface area contributed by atoms with Crippen LogP contribution in [0.4, 0.5) is 5.13 Å². The largest absolute Gasteiger partial charge is 0.360 e. The number of halogens is 1. The smallest absolute Gasteiger partial charge is 0.259 e. The molecule has 0 atom stereocenters. The van der Waals surface area contributed by atoms with Crippen LogP contribution in [0.3, 0.4) is 0 Å². The number of piperazine rings is 1. The summed E-state index contributed by atoms with van der Waals surface area (Å²) in [6.45, 7) is 8.68. The first kappa shape index (κ1) is 21.0. The molecule has 0 N–H and O–H groups in total. The molecule has 1 saturated heterocycles. The van der Waals surface area contributed by atoms with Gasteiger partial charge in [0.05, 0.1) is 15.2 Å². The van der Waals surface area contributed by atoms with Gasteiger partial charge < -0.3 is 14.3 Å². The van der Waals surface area contributed by atoms with Gasteiger partial charge in [-0.15, -0.1) is 0 Å². The molecule has 5 rings (SSSR count). The highest BCUT2D eigenvalue weighted by atomic mass is 35.5. The Morgan fingerprint density at radius 1 is 1.06 bits per heavy atom. The predicted octanol–water partition coefficient (Wildman–Crippen LogP) is 5.49. The number of carbonyl (C=O) groups is 1. The maximum Gasteiger partial charge on any atom is 0.259 e. The Morgan fingerprint density at radius 3 is 2.56 bits per heavy atom. The van der Waals surface area contributed by atoms with Crippen molar-refractivity contribution in [2.24, 2.45) is 0 Å². The standard InChI is InChI=1S/C24H23ClN4O2S/c1-14-8-9-19-21(15(14)2)26-24(32-19)29-12-10-28(11-13-29)23(30)20-16(3)31-27-22(20)17-6-4-5-7-18(17)25/h4-9H,10-13H2,1-3H3. The average molecular weight is 467 g/mol. The van der Waals surface area contributed by atoms with Gasteiger partial charge in [-0.1, -0.05) is 52.4 Å². The SMILES string of the molecule is Cc1ccc2sc(N3CCN(C(=O)c4c(-c5ccccc5Cl)noc4C)CC3)nc2c1C. The predicted molar refractivity (Wildman–Crippen MR) is 129 cm³/mol. The second-order valence-corrected chi connectivity index (χ2v) is 9.49. The molecule has 0 unspecified atom stereocenters. The number of rotatable bonds is 3. The maximum absolute atomic E-state index is 13.4. The Morgan fingerprint density at radius 2 is 1.81 bits per heavy atom. The Labute approximate surface area is 195 Å². The summed E-state index contributed by atoms with van der Waals surface area (Å²) >= 11 is 8.06. The molecular formula is C24H23ClN4O2S. The third-order valence-corrected chi connectivity index (χ3v) is 7.53. The first-order chi connectivity index (χ1) is 15.4. The second kappa shape index (κ2) is 8.22. The number of fused-ring (bicyclic) bond motifs is 1. The summed E-state index contributed by atoms with van der Waals surface area (Å²) in [5.74, 6) is 0.429. The number of aromatic nitrogens is 2. The number of amides is 1. The van der Waals surface area contributed by atoms with E-state index in [4.69, 9.17) is 21.1 Å². The van der Waals surface area contributed by atoms with Crippen LogP contribution in [0.25, 0.3) is 21.5 Å². The molecule has 0 bridgehead atoms. The highest BCUT2D eigenvalue weighted by Crippen LogP contribution is 2.34. The summed E-state index contributed by atoms with van der Waals surface area (Å²) < 4.78 is 6.59. The van der Waals surface area contributed by atoms with Gasteiger partial charge in [-0.25, -0.2) is 4.98 Å². The molecule has 6 nitrogen and oxygen atoms in total. The Kier molecular flexibility index (Phi) is 5.39. The monoisotopic (exact) mass is 466 g/mol. The van der Waals surface area contributed by atoms with Gasteiger partial charge in [0.15, 0.2) is 5.13 Å². The van der Waals surface area contributed by atoms with Crippen LogP contribution in [0, 0.1) is 20.8 Å². The van der Waals surface area contributed by atoms with E-state index < -0.39 is 0 Å². The van der Waals surface area contributed by atoms with E-state index >= 15 is 0 Å². The van der Waals surface area contributed by atoms with Gasteiger partial charge in [0.1, 0.15) is 17.0 Å².